The molecular formula is O4PSrY+2. The molecule has 0 aromatic rings. The predicted molar refractivity (Wildman–Crippen MR) is 13.4 cm³/mol. The second-order valence-electron chi connectivity index (χ2n) is 0.447. The van der Waals surface area contributed by atoms with E-state index >= 15 is 0 Å². The first-order valence-electron chi connectivity index (χ1n) is 0.730. The van der Waals surface area contributed by atoms with Gasteiger partial charge in [0, 0.05) is 0 Å². The molecule has 32 valence electrons. The van der Waals surface area contributed by atoms with Crippen molar-refractivity contribution < 1.29 is 52.0 Å². The Labute approximate surface area is 103 Å². The molecular weight excluding hydrogens is 271 g/mol. The molecule has 0 rings (SSSR count). The fraction of sp³-hybridized carbons (Fsp3) is 0. The fourth-order valence-corrected chi connectivity index (χ4v) is 0. The molecule has 0 saturated heterocycles. The second kappa shape index (κ2) is 6.81. The summed E-state index contributed by atoms with van der Waals surface area (Å²) in [7, 11) is -5.39. The molecule has 4 nitrogen and oxygen atoms in total. The molecule has 0 saturated carbocycles. The molecule has 0 aromatic carbocycles. The Balaban J connectivity index is -0.0000000800. The zero-order valence-corrected chi connectivity index (χ0v) is 10.6. The predicted octanol–water partition coefficient (Wildman–Crippen LogP) is -3.21. The molecule has 7 heavy (non-hydrogen) atoms. The van der Waals surface area contributed by atoms with Crippen molar-refractivity contribution in [3.63, 3.8) is 0 Å². The maximum absolute atomic E-state index is 8.55. The van der Waals surface area contributed by atoms with Gasteiger partial charge >= 0.3 is 78.2 Å². The van der Waals surface area contributed by atoms with Crippen molar-refractivity contribution in [3.8, 4) is 0 Å². The smallest absolute Gasteiger partial charge is 0.822 e. The molecule has 0 heterocycles. The third-order valence-corrected chi connectivity index (χ3v) is 0. The van der Waals surface area contributed by atoms with Gasteiger partial charge in [0.1, 0.15) is 0 Å². The monoisotopic (exact) mass is 272 g/mol. The first-order chi connectivity index (χ1) is 2.00. The number of phosphoric acid groups is 1. The zero-order valence-electron chi connectivity index (χ0n) is 3.36. The van der Waals surface area contributed by atoms with Crippen LogP contribution in [0.25, 0.3) is 0 Å². The van der Waals surface area contributed by atoms with Crippen molar-refractivity contribution in [2.75, 3.05) is 0 Å². The Bertz CT molecular complexity index is 57.8. The van der Waals surface area contributed by atoms with Crippen molar-refractivity contribution in [2.24, 2.45) is 0 Å². The Morgan fingerprint density at radius 2 is 1.14 bits per heavy atom. The first kappa shape index (κ1) is 16.4. The minimum atomic E-state index is -5.39. The summed E-state index contributed by atoms with van der Waals surface area (Å²) in [4.78, 5) is 25.6. The van der Waals surface area contributed by atoms with Crippen LogP contribution in [0, 0.1) is 0 Å². The third kappa shape index (κ3) is 53.7. The normalized spacial score (nSPS) is 8.43. The van der Waals surface area contributed by atoms with Gasteiger partial charge in [-0.2, -0.15) is 7.82 Å². The van der Waals surface area contributed by atoms with Crippen LogP contribution in [0.4, 0.5) is 0 Å². The maximum Gasteiger partial charge on any atom is 3.00 e. The number of hydrogen-bond donors (Lipinski definition) is 0. The quantitative estimate of drug-likeness (QED) is 0.343. The molecule has 0 aliphatic rings. The van der Waals surface area contributed by atoms with E-state index in [0.29, 0.717) is 0 Å². The van der Waals surface area contributed by atoms with Gasteiger partial charge in [0.25, 0.3) is 0 Å². The van der Waals surface area contributed by atoms with Crippen LogP contribution in [-0.2, 0) is 37.3 Å². The van der Waals surface area contributed by atoms with E-state index in [2.05, 4.69) is 0 Å². The van der Waals surface area contributed by atoms with E-state index in [4.69, 9.17) is 19.2 Å². The van der Waals surface area contributed by atoms with Crippen LogP contribution in [0.15, 0.2) is 0 Å². The van der Waals surface area contributed by atoms with Gasteiger partial charge in [0.05, 0.1) is 0 Å². The fourth-order valence-electron chi connectivity index (χ4n) is 0. The average Bonchev–Trinajstić information content (AvgIpc) is 0.722. The number of hydrogen-bond acceptors (Lipinski definition) is 4. The van der Waals surface area contributed by atoms with E-state index in [9.17, 15) is 0 Å². The first-order valence-corrected chi connectivity index (χ1v) is 2.19. The largest absolute Gasteiger partial charge is 3.00 e. The molecule has 7 heteroatoms. The Morgan fingerprint density at radius 3 is 1.14 bits per heavy atom. The van der Waals surface area contributed by atoms with E-state index in [-0.39, 0.29) is 78.2 Å². The second-order valence-corrected chi connectivity index (χ2v) is 1.34. The van der Waals surface area contributed by atoms with Crippen LogP contribution >= 0.6 is 7.82 Å². The van der Waals surface area contributed by atoms with Gasteiger partial charge in [0.15, 0.2) is 0 Å². The minimum Gasteiger partial charge on any atom is -0.822 e. The van der Waals surface area contributed by atoms with Crippen molar-refractivity contribution in [1.82, 2.24) is 0 Å². The summed E-state index contributed by atoms with van der Waals surface area (Å²) < 4.78 is 8.55. The SMILES string of the molecule is O=P([O-])([O-])[O-].[Sr+2].[Y+3]. The average molecular weight is 271 g/mol. The van der Waals surface area contributed by atoms with E-state index < -0.39 is 7.82 Å². The van der Waals surface area contributed by atoms with Crippen LogP contribution < -0.4 is 14.7 Å². The van der Waals surface area contributed by atoms with E-state index in [1.165, 1.54) is 0 Å². The molecule has 0 amide bonds. The zero-order chi connectivity index (χ0) is 4.50. The molecule has 0 N–H and O–H groups in total. The van der Waals surface area contributed by atoms with Crippen LogP contribution in [0.1, 0.15) is 0 Å². The van der Waals surface area contributed by atoms with Crippen molar-refractivity contribution in [3.05, 3.63) is 0 Å². The summed E-state index contributed by atoms with van der Waals surface area (Å²) in [6, 6.07) is 0. The van der Waals surface area contributed by atoms with E-state index in [1.807, 2.05) is 0 Å². The van der Waals surface area contributed by atoms with Crippen molar-refractivity contribution in [1.29, 1.82) is 0 Å². The third-order valence-electron chi connectivity index (χ3n) is 0. The van der Waals surface area contributed by atoms with Gasteiger partial charge in [-0.25, -0.2) is 0 Å². The van der Waals surface area contributed by atoms with Gasteiger partial charge in [-0.1, -0.05) is 0 Å². The Hall–Kier alpha value is 2.69. The number of rotatable bonds is 0. The maximum atomic E-state index is 8.55. The molecule has 0 aliphatic heterocycles. The molecule has 0 aliphatic carbocycles. The van der Waals surface area contributed by atoms with E-state index in [0.717, 1.165) is 0 Å². The van der Waals surface area contributed by atoms with Crippen LogP contribution in [0.2, 0.25) is 0 Å². The summed E-state index contributed by atoms with van der Waals surface area (Å²) in [6.45, 7) is 0. The molecule has 0 aromatic heterocycles. The molecule has 0 atom stereocenters. The van der Waals surface area contributed by atoms with Crippen LogP contribution in [0.5, 0.6) is 0 Å². The Morgan fingerprint density at radius 1 is 1.14 bits per heavy atom. The molecule has 0 bridgehead atoms. The topological polar surface area (TPSA) is 86.2 Å². The van der Waals surface area contributed by atoms with Crippen LogP contribution in [0.3, 0.4) is 0 Å². The molecule has 0 fully saturated rings. The van der Waals surface area contributed by atoms with Gasteiger partial charge in [0.2, 0.25) is 0 Å². The van der Waals surface area contributed by atoms with Gasteiger partial charge in [-0.15, -0.1) is 0 Å². The Kier molecular flexibility index (Phi) is 15.9. The summed E-state index contributed by atoms with van der Waals surface area (Å²) >= 11 is 0. The van der Waals surface area contributed by atoms with Crippen molar-refractivity contribution in [2.45, 2.75) is 0 Å². The molecule has 0 radical (unpaired) electrons. The summed E-state index contributed by atoms with van der Waals surface area (Å²) in [5.74, 6) is 0. The van der Waals surface area contributed by atoms with E-state index in [1.54, 1.807) is 0 Å². The summed E-state index contributed by atoms with van der Waals surface area (Å²) in [5, 5.41) is 0. The molecule has 0 unspecified atom stereocenters. The summed E-state index contributed by atoms with van der Waals surface area (Å²) in [6.07, 6.45) is 0. The standard InChI is InChI=1S/H3O4P.Sr.Y/c1-5(2,3)4;;/h(H3,1,2,3,4);;/q;+2;+3/p-3. The molecule has 0 spiro atoms. The van der Waals surface area contributed by atoms with Crippen molar-refractivity contribution >= 4 is 53.3 Å². The van der Waals surface area contributed by atoms with Gasteiger partial charge in [-0.05, 0) is 0 Å². The summed E-state index contributed by atoms with van der Waals surface area (Å²) in [5.41, 5.74) is 0. The van der Waals surface area contributed by atoms with Crippen LogP contribution in [-0.4, -0.2) is 45.5 Å². The van der Waals surface area contributed by atoms with Gasteiger partial charge < -0.3 is 19.2 Å². The van der Waals surface area contributed by atoms with Gasteiger partial charge in [-0.3, -0.25) is 0 Å². The minimum absolute atomic E-state index is 0.